The molecule has 0 aliphatic heterocycles. The summed E-state index contributed by atoms with van der Waals surface area (Å²) >= 11 is 4.94. The lowest BCUT2D eigenvalue weighted by molar-refractivity contribution is 0.184. The second-order valence-corrected chi connectivity index (χ2v) is 4.66. The average molecular weight is 223 g/mol. The minimum absolute atomic E-state index is 0.362. The van der Waals surface area contributed by atoms with Crippen LogP contribution >= 0.6 is 12.2 Å². The molecule has 0 saturated heterocycles. The van der Waals surface area contributed by atoms with Crippen molar-refractivity contribution in [2.45, 2.75) is 33.3 Å². The predicted molar refractivity (Wildman–Crippen MR) is 67.4 cm³/mol. The molecule has 0 aliphatic rings. The molecule has 1 aromatic rings. The van der Waals surface area contributed by atoms with Gasteiger partial charge >= 0.3 is 0 Å². The molecule has 0 fully saturated rings. The van der Waals surface area contributed by atoms with Gasteiger partial charge in [-0.25, -0.2) is 0 Å². The molecular weight excluding hydrogens is 206 g/mol. The van der Waals surface area contributed by atoms with E-state index >= 15 is 0 Å². The largest absolute Gasteiger partial charge is 0.481 e. The Morgan fingerprint density at radius 2 is 1.87 bits per heavy atom. The Morgan fingerprint density at radius 3 is 2.33 bits per heavy atom. The summed E-state index contributed by atoms with van der Waals surface area (Å²) in [6, 6.07) is 5.96. The van der Waals surface area contributed by atoms with Crippen molar-refractivity contribution in [2.75, 3.05) is 0 Å². The first kappa shape index (κ1) is 12.0. The fourth-order valence-corrected chi connectivity index (χ4v) is 1.16. The first-order valence-electron chi connectivity index (χ1n) is 4.89. The molecule has 3 heteroatoms. The molecule has 0 unspecified atom stereocenters. The Bertz CT molecular complexity index is 385. The van der Waals surface area contributed by atoms with Crippen molar-refractivity contribution in [3.63, 3.8) is 0 Å². The molecule has 0 atom stereocenters. The lowest BCUT2D eigenvalue weighted by Crippen LogP contribution is -2.42. The molecule has 0 bridgehead atoms. The summed E-state index contributed by atoms with van der Waals surface area (Å²) in [4.78, 5) is 0.362. The SMILES string of the molecule is Cc1ccc(OC(C)(C)C(N)=S)cc1C. The monoisotopic (exact) mass is 223 g/mol. The van der Waals surface area contributed by atoms with Crippen molar-refractivity contribution in [2.24, 2.45) is 5.73 Å². The fraction of sp³-hybridized carbons (Fsp3) is 0.417. The van der Waals surface area contributed by atoms with E-state index in [4.69, 9.17) is 22.7 Å². The van der Waals surface area contributed by atoms with E-state index in [1.807, 2.05) is 32.0 Å². The van der Waals surface area contributed by atoms with Gasteiger partial charge < -0.3 is 10.5 Å². The molecule has 2 nitrogen and oxygen atoms in total. The second-order valence-electron chi connectivity index (χ2n) is 4.22. The Labute approximate surface area is 96.4 Å². The molecule has 0 saturated carbocycles. The van der Waals surface area contributed by atoms with E-state index in [0.29, 0.717) is 4.99 Å². The molecular formula is C12H17NOS. The number of hydrogen-bond donors (Lipinski definition) is 1. The Hall–Kier alpha value is -1.09. The van der Waals surface area contributed by atoms with Crippen molar-refractivity contribution >= 4 is 17.2 Å². The highest BCUT2D eigenvalue weighted by atomic mass is 32.1. The zero-order chi connectivity index (χ0) is 11.6. The standard InChI is InChI=1S/C12H17NOS/c1-8-5-6-10(7-9(8)2)14-12(3,4)11(13)15/h5-7H,1-4H3,(H2,13,15). The maximum atomic E-state index is 5.73. The van der Waals surface area contributed by atoms with E-state index < -0.39 is 5.60 Å². The highest BCUT2D eigenvalue weighted by Crippen LogP contribution is 2.21. The van der Waals surface area contributed by atoms with Gasteiger partial charge in [-0.2, -0.15) is 0 Å². The molecule has 1 aromatic carbocycles. The van der Waals surface area contributed by atoms with Gasteiger partial charge in [-0.05, 0) is 51.0 Å². The average Bonchev–Trinajstić information content (AvgIpc) is 2.10. The van der Waals surface area contributed by atoms with Crippen molar-refractivity contribution in [1.29, 1.82) is 0 Å². The Morgan fingerprint density at radius 1 is 1.27 bits per heavy atom. The van der Waals surface area contributed by atoms with Crippen LogP contribution in [0.15, 0.2) is 18.2 Å². The van der Waals surface area contributed by atoms with Crippen molar-refractivity contribution < 1.29 is 4.74 Å². The maximum absolute atomic E-state index is 5.73. The lowest BCUT2D eigenvalue weighted by Gasteiger charge is -2.25. The number of hydrogen-bond acceptors (Lipinski definition) is 2. The maximum Gasteiger partial charge on any atom is 0.153 e. The van der Waals surface area contributed by atoms with Crippen molar-refractivity contribution in [1.82, 2.24) is 0 Å². The van der Waals surface area contributed by atoms with Crippen LogP contribution < -0.4 is 10.5 Å². The van der Waals surface area contributed by atoms with Crippen LogP contribution in [0.4, 0.5) is 0 Å². The van der Waals surface area contributed by atoms with E-state index in [1.54, 1.807) is 0 Å². The van der Waals surface area contributed by atoms with Crippen LogP contribution in [0.25, 0.3) is 0 Å². The summed E-state index contributed by atoms with van der Waals surface area (Å²) in [5, 5.41) is 0. The van der Waals surface area contributed by atoms with Gasteiger partial charge in [0, 0.05) is 0 Å². The number of aryl methyl sites for hydroxylation is 2. The van der Waals surface area contributed by atoms with E-state index in [0.717, 1.165) is 5.75 Å². The number of benzene rings is 1. The lowest BCUT2D eigenvalue weighted by atomic mass is 10.1. The molecule has 0 heterocycles. The number of thiocarbonyl (C=S) groups is 1. The third-order valence-electron chi connectivity index (χ3n) is 2.44. The summed E-state index contributed by atoms with van der Waals surface area (Å²) < 4.78 is 5.73. The fourth-order valence-electron chi connectivity index (χ4n) is 1.12. The summed E-state index contributed by atoms with van der Waals surface area (Å²) in [6.45, 7) is 7.85. The quantitative estimate of drug-likeness (QED) is 0.800. The van der Waals surface area contributed by atoms with Gasteiger partial charge in [-0.1, -0.05) is 18.3 Å². The highest BCUT2D eigenvalue weighted by Gasteiger charge is 2.23. The van der Waals surface area contributed by atoms with Gasteiger partial charge in [0.05, 0.1) is 0 Å². The minimum Gasteiger partial charge on any atom is -0.481 e. The Balaban J connectivity index is 2.91. The topological polar surface area (TPSA) is 35.2 Å². The molecule has 0 aliphatic carbocycles. The van der Waals surface area contributed by atoms with Crippen LogP contribution in [-0.2, 0) is 0 Å². The first-order valence-corrected chi connectivity index (χ1v) is 5.30. The van der Waals surface area contributed by atoms with Crippen LogP contribution in [0.5, 0.6) is 5.75 Å². The molecule has 0 aromatic heterocycles. The van der Waals surface area contributed by atoms with E-state index in [-0.39, 0.29) is 0 Å². The second kappa shape index (κ2) is 4.19. The van der Waals surface area contributed by atoms with Gasteiger partial charge in [-0.15, -0.1) is 0 Å². The Kier molecular flexibility index (Phi) is 3.35. The summed E-state index contributed by atoms with van der Waals surface area (Å²) in [5.74, 6) is 0.802. The van der Waals surface area contributed by atoms with Crippen LogP contribution in [-0.4, -0.2) is 10.6 Å². The molecule has 15 heavy (non-hydrogen) atoms. The smallest absolute Gasteiger partial charge is 0.153 e. The molecule has 2 N–H and O–H groups in total. The van der Waals surface area contributed by atoms with Crippen LogP contribution in [0, 0.1) is 13.8 Å². The number of nitrogens with two attached hydrogens (primary N) is 1. The van der Waals surface area contributed by atoms with Crippen molar-refractivity contribution in [3.8, 4) is 5.75 Å². The molecule has 82 valence electrons. The third kappa shape index (κ3) is 2.93. The minimum atomic E-state index is -0.600. The summed E-state index contributed by atoms with van der Waals surface area (Å²) in [7, 11) is 0. The number of rotatable bonds is 3. The predicted octanol–water partition coefficient (Wildman–Crippen LogP) is 2.75. The molecule has 0 spiro atoms. The van der Waals surface area contributed by atoms with Gasteiger partial charge in [-0.3, -0.25) is 0 Å². The van der Waals surface area contributed by atoms with E-state index in [9.17, 15) is 0 Å². The van der Waals surface area contributed by atoms with Crippen LogP contribution in [0.1, 0.15) is 25.0 Å². The number of ether oxygens (including phenoxy) is 1. The molecule has 0 radical (unpaired) electrons. The third-order valence-corrected chi connectivity index (χ3v) is 2.94. The molecule has 1 rings (SSSR count). The zero-order valence-corrected chi connectivity index (χ0v) is 10.4. The summed E-state index contributed by atoms with van der Waals surface area (Å²) in [5.41, 5.74) is 7.44. The van der Waals surface area contributed by atoms with Gasteiger partial charge in [0.2, 0.25) is 0 Å². The van der Waals surface area contributed by atoms with E-state index in [1.165, 1.54) is 11.1 Å². The first-order chi connectivity index (χ1) is 6.83. The van der Waals surface area contributed by atoms with Gasteiger partial charge in [0.15, 0.2) is 5.60 Å². The van der Waals surface area contributed by atoms with Gasteiger partial charge in [0.1, 0.15) is 10.7 Å². The molecule has 0 amide bonds. The normalized spacial score (nSPS) is 11.2. The van der Waals surface area contributed by atoms with Crippen LogP contribution in [0.2, 0.25) is 0 Å². The summed E-state index contributed by atoms with van der Waals surface area (Å²) in [6.07, 6.45) is 0. The highest BCUT2D eigenvalue weighted by molar-refractivity contribution is 7.80. The van der Waals surface area contributed by atoms with Crippen LogP contribution in [0.3, 0.4) is 0 Å². The zero-order valence-electron chi connectivity index (χ0n) is 9.63. The van der Waals surface area contributed by atoms with E-state index in [2.05, 4.69) is 13.8 Å². The van der Waals surface area contributed by atoms with Gasteiger partial charge in [0.25, 0.3) is 0 Å². The van der Waals surface area contributed by atoms with Crippen molar-refractivity contribution in [3.05, 3.63) is 29.3 Å².